The maximum atomic E-state index is 13.1. The fourth-order valence-corrected chi connectivity index (χ4v) is 4.00. The van der Waals surface area contributed by atoms with Crippen LogP contribution in [0.25, 0.3) is 21.7 Å². The number of ketones is 1. The van der Waals surface area contributed by atoms with Crippen molar-refractivity contribution in [1.29, 1.82) is 0 Å². The van der Waals surface area contributed by atoms with Gasteiger partial charge in [0, 0.05) is 35.5 Å². The van der Waals surface area contributed by atoms with E-state index in [1.807, 2.05) is 87.6 Å². The van der Waals surface area contributed by atoms with Crippen molar-refractivity contribution in [3.8, 4) is 0 Å². The molecule has 4 aromatic rings. The Labute approximate surface area is 182 Å². The van der Waals surface area contributed by atoms with Gasteiger partial charge in [-0.3, -0.25) is 4.79 Å². The van der Waals surface area contributed by atoms with Crippen LogP contribution in [0.1, 0.15) is 49.2 Å². The summed E-state index contributed by atoms with van der Waals surface area (Å²) in [5, 5.41) is 3.15. The summed E-state index contributed by atoms with van der Waals surface area (Å²) in [5.74, 6) is -0.430. The van der Waals surface area contributed by atoms with Crippen LogP contribution in [-0.2, 0) is 9.53 Å². The Kier molecular flexibility index (Phi) is 5.90. The second kappa shape index (κ2) is 8.76. The molecular weight excluding hydrogens is 386 g/mol. The highest BCUT2D eigenvalue weighted by Crippen LogP contribution is 2.35. The van der Waals surface area contributed by atoms with Gasteiger partial charge in [-0.1, -0.05) is 69.3 Å². The first-order valence-electron chi connectivity index (χ1n) is 10.7. The molecule has 4 rings (SSSR count). The lowest BCUT2D eigenvalue weighted by molar-refractivity contribution is -0.123. The van der Waals surface area contributed by atoms with Crippen molar-refractivity contribution in [1.82, 2.24) is 4.98 Å². The summed E-state index contributed by atoms with van der Waals surface area (Å²) < 4.78 is 6.09. The monoisotopic (exact) mass is 413 g/mol. The first-order valence-corrected chi connectivity index (χ1v) is 10.7. The number of aromatic nitrogens is 1. The Hall–Kier alpha value is -3.40. The number of fused-ring (bicyclic) bond motifs is 2. The van der Waals surface area contributed by atoms with Crippen LogP contribution in [0, 0.1) is 11.8 Å². The van der Waals surface area contributed by atoms with Crippen LogP contribution in [0.2, 0.25) is 0 Å². The molecule has 31 heavy (non-hydrogen) atoms. The number of Topliss-reactive ketones (excluding diaryl/α,β-unsaturated/α-hetero) is 1. The van der Waals surface area contributed by atoms with Gasteiger partial charge in [0.1, 0.15) is 11.9 Å². The van der Waals surface area contributed by atoms with Crippen molar-refractivity contribution in [2.45, 2.75) is 33.3 Å². The molecule has 158 valence electrons. The smallest absolute Gasteiger partial charge is 0.338 e. The van der Waals surface area contributed by atoms with E-state index in [2.05, 4.69) is 4.98 Å². The molecule has 0 saturated heterocycles. The number of ether oxygens (including phenoxy) is 1. The zero-order valence-electron chi connectivity index (χ0n) is 18.1. The Morgan fingerprint density at radius 1 is 0.903 bits per heavy atom. The Balaban J connectivity index is 1.70. The second-order valence-corrected chi connectivity index (χ2v) is 8.48. The van der Waals surface area contributed by atoms with Gasteiger partial charge in [-0.15, -0.1) is 0 Å². The Morgan fingerprint density at radius 3 is 2.48 bits per heavy atom. The average Bonchev–Trinajstić information content (AvgIpc) is 3.24. The standard InChI is InChI=1S/C27H27NO3/c1-17(2)25(29)15-18(3)26(23-10-6-8-19-7-4-5-9-22(19)23)31-27(30)21-12-11-20-13-14-28-24(20)16-21/h4-14,16-18,26,28H,15H2,1-3H3. The summed E-state index contributed by atoms with van der Waals surface area (Å²) in [7, 11) is 0. The fourth-order valence-electron chi connectivity index (χ4n) is 4.00. The normalized spacial score (nSPS) is 13.4. The maximum absolute atomic E-state index is 13.1. The van der Waals surface area contributed by atoms with Crippen molar-refractivity contribution in [3.63, 3.8) is 0 Å². The molecule has 0 amide bonds. The second-order valence-electron chi connectivity index (χ2n) is 8.48. The molecule has 1 N–H and O–H groups in total. The van der Waals surface area contributed by atoms with E-state index in [1.54, 1.807) is 6.07 Å². The van der Waals surface area contributed by atoms with Crippen LogP contribution in [0.5, 0.6) is 0 Å². The van der Waals surface area contributed by atoms with Gasteiger partial charge in [-0.25, -0.2) is 4.79 Å². The molecule has 1 aromatic heterocycles. The third kappa shape index (κ3) is 4.38. The number of H-pyrrole nitrogens is 1. The molecule has 0 bridgehead atoms. The highest BCUT2D eigenvalue weighted by atomic mass is 16.5. The van der Waals surface area contributed by atoms with Crippen molar-refractivity contribution < 1.29 is 14.3 Å². The summed E-state index contributed by atoms with van der Waals surface area (Å²) in [5.41, 5.74) is 2.30. The van der Waals surface area contributed by atoms with Crippen LogP contribution in [0.3, 0.4) is 0 Å². The minimum absolute atomic E-state index is 0.0541. The predicted octanol–water partition coefficient (Wildman–Crippen LogP) is 6.47. The number of benzene rings is 3. The quantitative estimate of drug-likeness (QED) is 0.353. The molecule has 1 heterocycles. The maximum Gasteiger partial charge on any atom is 0.338 e. The van der Waals surface area contributed by atoms with E-state index in [-0.39, 0.29) is 17.6 Å². The first-order chi connectivity index (χ1) is 14.9. The van der Waals surface area contributed by atoms with Crippen LogP contribution >= 0.6 is 0 Å². The number of carbonyl (C=O) groups is 2. The van der Waals surface area contributed by atoms with Crippen molar-refractivity contribution >= 4 is 33.4 Å². The van der Waals surface area contributed by atoms with Gasteiger partial charge in [0.2, 0.25) is 0 Å². The van der Waals surface area contributed by atoms with Crippen LogP contribution in [0.15, 0.2) is 72.9 Å². The largest absolute Gasteiger partial charge is 0.454 e. The molecule has 0 aliphatic heterocycles. The predicted molar refractivity (Wildman–Crippen MR) is 124 cm³/mol. The van der Waals surface area contributed by atoms with Crippen LogP contribution < -0.4 is 0 Å². The lowest BCUT2D eigenvalue weighted by Crippen LogP contribution is -2.22. The average molecular weight is 414 g/mol. The molecule has 0 radical (unpaired) electrons. The van der Waals surface area contributed by atoms with Crippen molar-refractivity contribution in [2.24, 2.45) is 11.8 Å². The molecule has 4 heteroatoms. The van der Waals surface area contributed by atoms with Crippen molar-refractivity contribution in [2.75, 3.05) is 0 Å². The lowest BCUT2D eigenvalue weighted by atomic mass is 9.87. The summed E-state index contributed by atoms with van der Waals surface area (Å²) in [6, 6.07) is 21.5. The van der Waals surface area contributed by atoms with Crippen LogP contribution in [0.4, 0.5) is 0 Å². The number of esters is 1. The fraction of sp³-hybridized carbons (Fsp3) is 0.259. The first kappa shape index (κ1) is 20.9. The third-order valence-electron chi connectivity index (χ3n) is 5.84. The van der Waals surface area contributed by atoms with Crippen molar-refractivity contribution in [3.05, 3.63) is 84.1 Å². The van der Waals surface area contributed by atoms with Gasteiger partial charge in [-0.05, 0) is 34.4 Å². The Bertz CT molecular complexity index is 1230. The third-order valence-corrected chi connectivity index (χ3v) is 5.84. The molecule has 0 aliphatic carbocycles. The van der Waals surface area contributed by atoms with Gasteiger partial charge >= 0.3 is 5.97 Å². The molecule has 4 nitrogen and oxygen atoms in total. The summed E-state index contributed by atoms with van der Waals surface area (Å²) in [6.07, 6.45) is 1.67. The molecule has 0 fully saturated rings. The molecule has 2 unspecified atom stereocenters. The van der Waals surface area contributed by atoms with E-state index in [0.29, 0.717) is 12.0 Å². The Morgan fingerprint density at radius 2 is 1.68 bits per heavy atom. The van der Waals surface area contributed by atoms with Gasteiger partial charge in [0.25, 0.3) is 0 Å². The van der Waals surface area contributed by atoms with Gasteiger partial charge < -0.3 is 9.72 Å². The van der Waals surface area contributed by atoms with Crippen LogP contribution in [-0.4, -0.2) is 16.7 Å². The number of hydrogen-bond acceptors (Lipinski definition) is 3. The minimum Gasteiger partial charge on any atom is -0.454 e. The molecule has 0 saturated carbocycles. The molecule has 2 atom stereocenters. The SMILES string of the molecule is CC(C)C(=O)CC(C)C(OC(=O)c1ccc2cc[nH]c2c1)c1cccc2ccccc12. The zero-order valence-corrected chi connectivity index (χ0v) is 18.1. The molecule has 0 aliphatic rings. The molecule has 3 aromatic carbocycles. The van der Waals surface area contributed by atoms with Gasteiger partial charge in [0.15, 0.2) is 0 Å². The van der Waals surface area contributed by atoms with E-state index < -0.39 is 12.1 Å². The van der Waals surface area contributed by atoms with E-state index in [1.165, 1.54) is 0 Å². The summed E-state index contributed by atoms with van der Waals surface area (Å²) >= 11 is 0. The highest BCUT2D eigenvalue weighted by molar-refractivity contribution is 5.95. The minimum atomic E-state index is -0.527. The van der Waals surface area contributed by atoms with E-state index in [0.717, 1.165) is 27.2 Å². The number of carbonyl (C=O) groups excluding carboxylic acids is 2. The number of nitrogens with one attached hydrogen (secondary N) is 1. The lowest BCUT2D eigenvalue weighted by Gasteiger charge is -2.26. The molecule has 0 spiro atoms. The number of rotatable bonds is 7. The topological polar surface area (TPSA) is 59.2 Å². The van der Waals surface area contributed by atoms with E-state index >= 15 is 0 Å². The summed E-state index contributed by atoms with van der Waals surface area (Å²) in [4.78, 5) is 28.7. The number of hydrogen-bond donors (Lipinski definition) is 1. The summed E-state index contributed by atoms with van der Waals surface area (Å²) in [6.45, 7) is 5.79. The number of aromatic amines is 1. The van der Waals surface area contributed by atoms with Gasteiger partial charge in [0.05, 0.1) is 5.56 Å². The molecular formula is C27H27NO3. The zero-order chi connectivity index (χ0) is 22.0. The van der Waals surface area contributed by atoms with E-state index in [4.69, 9.17) is 4.74 Å². The van der Waals surface area contributed by atoms with Gasteiger partial charge in [-0.2, -0.15) is 0 Å². The highest BCUT2D eigenvalue weighted by Gasteiger charge is 2.28. The van der Waals surface area contributed by atoms with E-state index in [9.17, 15) is 9.59 Å².